The zero-order valence-electron chi connectivity index (χ0n) is 10.5. The van der Waals surface area contributed by atoms with E-state index in [-0.39, 0.29) is 22.9 Å². The van der Waals surface area contributed by atoms with E-state index >= 15 is 0 Å². The van der Waals surface area contributed by atoms with Crippen molar-refractivity contribution in [2.24, 2.45) is 0 Å². The third-order valence-electron chi connectivity index (χ3n) is 2.63. The van der Waals surface area contributed by atoms with Crippen molar-refractivity contribution < 1.29 is 14.0 Å². The summed E-state index contributed by atoms with van der Waals surface area (Å²) in [4.78, 5) is 22.9. The Kier molecular flexibility index (Phi) is 3.41. The number of Topliss-reactive ketones (excluding diaryl/α,β-unsaturated/α-hetero) is 1. The molecular weight excluding hydrogens is 249 g/mol. The zero-order valence-corrected chi connectivity index (χ0v) is 10.5. The van der Waals surface area contributed by atoms with Gasteiger partial charge in [0.15, 0.2) is 11.5 Å². The first-order chi connectivity index (χ1) is 9.02. The van der Waals surface area contributed by atoms with Gasteiger partial charge in [-0.1, -0.05) is 0 Å². The average molecular weight is 261 g/mol. The Morgan fingerprint density at radius 2 is 2.05 bits per heavy atom. The van der Waals surface area contributed by atoms with Crippen molar-refractivity contribution in [3.63, 3.8) is 0 Å². The summed E-state index contributed by atoms with van der Waals surface area (Å²) in [5.74, 6) is -1.09. The highest BCUT2D eigenvalue weighted by molar-refractivity contribution is 5.97. The maximum atomic E-state index is 13.2. The Hall–Kier alpha value is -2.50. The number of hydrogen-bond donors (Lipinski definition) is 1. The van der Waals surface area contributed by atoms with E-state index in [1.165, 1.54) is 36.9 Å². The number of halogens is 1. The van der Waals surface area contributed by atoms with E-state index in [0.717, 1.165) is 6.07 Å². The summed E-state index contributed by atoms with van der Waals surface area (Å²) in [6.45, 7) is 1.35. The quantitative estimate of drug-likeness (QED) is 0.853. The third-order valence-corrected chi connectivity index (χ3v) is 2.63. The van der Waals surface area contributed by atoms with Crippen LogP contribution in [0.1, 0.15) is 27.8 Å². The normalized spacial score (nSPS) is 10.3. The van der Waals surface area contributed by atoms with E-state index in [0.29, 0.717) is 5.69 Å². The van der Waals surface area contributed by atoms with Gasteiger partial charge in [0.25, 0.3) is 5.91 Å². The number of nitrogens with one attached hydrogen (secondary N) is 1. The highest BCUT2D eigenvalue weighted by atomic mass is 19.1. The number of benzene rings is 1. The molecule has 19 heavy (non-hydrogen) atoms. The smallest absolute Gasteiger partial charge is 0.271 e. The summed E-state index contributed by atoms with van der Waals surface area (Å²) in [5.41, 5.74) is 0.872. The van der Waals surface area contributed by atoms with Crippen LogP contribution in [-0.4, -0.2) is 28.5 Å². The van der Waals surface area contributed by atoms with E-state index in [2.05, 4.69) is 10.4 Å². The fraction of sp³-hybridized carbons (Fsp3) is 0.154. The van der Waals surface area contributed by atoms with Crippen molar-refractivity contribution in [3.8, 4) is 5.69 Å². The molecule has 1 heterocycles. The van der Waals surface area contributed by atoms with Crippen LogP contribution in [0.25, 0.3) is 5.69 Å². The zero-order chi connectivity index (χ0) is 14.0. The Labute approximate surface area is 109 Å². The fourth-order valence-electron chi connectivity index (χ4n) is 1.70. The number of nitrogens with zero attached hydrogens (tertiary/aromatic N) is 2. The number of aromatic nitrogens is 2. The monoisotopic (exact) mass is 261 g/mol. The molecule has 5 nitrogen and oxygen atoms in total. The molecule has 0 radical (unpaired) electrons. The molecule has 0 aliphatic heterocycles. The number of amides is 1. The molecule has 0 fully saturated rings. The Morgan fingerprint density at radius 3 is 2.68 bits per heavy atom. The van der Waals surface area contributed by atoms with Crippen molar-refractivity contribution in [2.45, 2.75) is 6.92 Å². The van der Waals surface area contributed by atoms with E-state index in [1.54, 1.807) is 6.20 Å². The minimum Gasteiger partial charge on any atom is -0.354 e. The molecule has 1 aromatic carbocycles. The Balaban J connectivity index is 2.50. The van der Waals surface area contributed by atoms with E-state index in [9.17, 15) is 14.0 Å². The molecule has 6 heteroatoms. The van der Waals surface area contributed by atoms with Gasteiger partial charge in [-0.3, -0.25) is 9.59 Å². The standard InChI is InChI=1S/C13H12FN3O2/c1-8(18)10-7-9(14)3-4-12(10)17-6-5-11(16-17)13(19)15-2/h3-7H,1-2H3,(H,15,19). The third kappa shape index (κ3) is 2.52. The molecule has 1 aromatic heterocycles. The van der Waals surface area contributed by atoms with E-state index < -0.39 is 5.82 Å². The van der Waals surface area contributed by atoms with Gasteiger partial charge < -0.3 is 5.32 Å². The molecule has 0 spiro atoms. The van der Waals surface area contributed by atoms with Crippen LogP contribution in [0.15, 0.2) is 30.5 Å². The first kappa shape index (κ1) is 12.9. The van der Waals surface area contributed by atoms with Crippen LogP contribution in [0.3, 0.4) is 0 Å². The molecule has 2 aromatic rings. The molecular formula is C13H12FN3O2. The lowest BCUT2D eigenvalue weighted by Crippen LogP contribution is -2.18. The van der Waals surface area contributed by atoms with Crippen molar-refractivity contribution in [1.29, 1.82) is 0 Å². The second-order valence-corrected chi connectivity index (χ2v) is 3.94. The maximum absolute atomic E-state index is 13.2. The Bertz CT molecular complexity index is 649. The van der Waals surface area contributed by atoms with Crippen LogP contribution in [-0.2, 0) is 0 Å². The minimum absolute atomic E-state index is 0.214. The van der Waals surface area contributed by atoms with Gasteiger partial charge >= 0.3 is 0 Å². The molecule has 0 bridgehead atoms. The number of hydrogen-bond acceptors (Lipinski definition) is 3. The van der Waals surface area contributed by atoms with E-state index in [4.69, 9.17) is 0 Å². The van der Waals surface area contributed by atoms with Gasteiger partial charge in [-0.25, -0.2) is 9.07 Å². The summed E-state index contributed by atoms with van der Waals surface area (Å²) in [6.07, 6.45) is 1.55. The maximum Gasteiger partial charge on any atom is 0.271 e. The molecule has 2 rings (SSSR count). The predicted octanol–water partition coefficient (Wildman–Crippen LogP) is 1.57. The summed E-state index contributed by atoms with van der Waals surface area (Å²) in [7, 11) is 1.50. The summed E-state index contributed by atoms with van der Waals surface area (Å²) in [5, 5.41) is 6.50. The highest BCUT2D eigenvalue weighted by Gasteiger charge is 2.13. The topological polar surface area (TPSA) is 64.0 Å². The number of rotatable bonds is 3. The van der Waals surface area contributed by atoms with Crippen molar-refractivity contribution in [3.05, 3.63) is 47.5 Å². The molecule has 1 amide bonds. The number of ketones is 1. The number of carbonyl (C=O) groups is 2. The molecule has 0 saturated carbocycles. The van der Waals surface area contributed by atoms with Gasteiger partial charge in [-0.05, 0) is 31.2 Å². The highest BCUT2D eigenvalue weighted by Crippen LogP contribution is 2.16. The van der Waals surface area contributed by atoms with Crippen LogP contribution < -0.4 is 5.32 Å². The summed E-state index contributed by atoms with van der Waals surface area (Å²) in [6, 6.07) is 5.36. The molecule has 98 valence electrons. The van der Waals surface area contributed by atoms with Crippen LogP contribution in [0.4, 0.5) is 4.39 Å². The van der Waals surface area contributed by atoms with Gasteiger partial charge in [-0.15, -0.1) is 0 Å². The van der Waals surface area contributed by atoms with Gasteiger partial charge in [0.05, 0.1) is 5.69 Å². The van der Waals surface area contributed by atoms with Crippen molar-refractivity contribution >= 4 is 11.7 Å². The van der Waals surface area contributed by atoms with Crippen LogP contribution >= 0.6 is 0 Å². The van der Waals surface area contributed by atoms with Gasteiger partial charge in [-0.2, -0.15) is 5.10 Å². The van der Waals surface area contributed by atoms with Crippen LogP contribution in [0.5, 0.6) is 0 Å². The van der Waals surface area contributed by atoms with Crippen LogP contribution in [0.2, 0.25) is 0 Å². The Morgan fingerprint density at radius 1 is 1.32 bits per heavy atom. The molecule has 0 aliphatic rings. The largest absolute Gasteiger partial charge is 0.354 e. The SMILES string of the molecule is CNC(=O)c1ccn(-c2ccc(F)cc2C(C)=O)n1. The van der Waals surface area contributed by atoms with Gasteiger partial charge in [0, 0.05) is 18.8 Å². The van der Waals surface area contributed by atoms with Gasteiger partial charge in [0.2, 0.25) is 0 Å². The number of carbonyl (C=O) groups excluding carboxylic acids is 2. The average Bonchev–Trinajstić information content (AvgIpc) is 2.87. The van der Waals surface area contributed by atoms with Crippen molar-refractivity contribution in [2.75, 3.05) is 7.05 Å². The molecule has 0 saturated heterocycles. The lowest BCUT2D eigenvalue weighted by Gasteiger charge is -2.06. The molecule has 0 aliphatic carbocycles. The fourth-order valence-corrected chi connectivity index (χ4v) is 1.70. The molecule has 0 atom stereocenters. The van der Waals surface area contributed by atoms with Crippen molar-refractivity contribution in [1.82, 2.24) is 15.1 Å². The minimum atomic E-state index is -0.493. The van der Waals surface area contributed by atoms with E-state index in [1.807, 2.05) is 0 Å². The summed E-state index contributed by atoms with van der Waals surface area (Å²) < 4.78 is 14.5. The van der Waals surface area contributed by atoms with Gasteiger partial charge in [0.1, 0.15) is 5.82 Å². The lowest BCUT2D eigenvalue weighted by molar-refractivity contribution is 0.0957. The first-order valence-electron chi connectivity index (χ1n) is 5.61. The second-order valence-electron chi connectivity index (χ2n) is 3.94. The summed E-state index contributed by atoms with van der Waals surface area (Å²) >= 11 is 0. The van der Waals surface area contributed by atoms with Crippen LogP contribution in [0, 0.1) is 5.82 Å². The lowest BCUT2D eigenvalue weighted by atomic mass is 10.1. The molecule has 1 N–H and O–H groups in total. The molecule has 0 unspecified atom stereocenters. The second kappa shape index (κ2) is 5.01. The predicted molar refractivity (Wildman–Crippen MR) is 66.9 cm³/mol. The first-order valence-corrected chi connectivity index (χ1v) is 5.61.